The van der Waals surface area contributed by atoms with Gasteiger partial charge >= 0.3 is 11.9 Å². The number of carbonyl (C=O) groups excluding carboxylic acids is 1. The van der Waals surface area contributed by atoms with Crippen molar-refractivity contribution in [2.75, 3.05) is 20.0 Å². The molecule has 240 valence electrons. The Balaban J connectivity index is 1.31. The van der Waals surface area contributed by atoms with Crippen LogP contribution in [0.2, 0.25) is 0 Å². The van der Waals surface area contributed by atoms with Crippen LogP contribution in [0.1, 0.15) is 80.3 Å². The van der Waals surface area contributed by atoms with Gasteiger partial charge in [0, 0.05) is 24.3 Å². The first-order chi connectivity index (χ1) is 21.7. The zero-order valence-electron chi connectivity index (χ0n) is 26.0. The van der Waals surface area contributed by atoms with E-state index in [-0.39, 0.29) is 37.9 Å². The Morgan fingerprint density at radius 3 is 2.29 bits per heavy atom. The van der Waals surface area contributed by atoms with E-state index in [0.717, 1.165) is 54.4 Å². The number of aliphatic carboxylic acids is 2. The lowest BCUT2D eigenvalue weighted by atomic mass is 9.96. The molecule has 3 aromatic rings. The summed E-state index contributed by atoms with van der Waals surface area (Å²) in [5.41, 5.74) is 4.35. The normalized spacial score (nSPS) is 11.9. The predicted octanol–water partition coefficient (Wildman–Crippen LogP) is 7.36. The molecular formula is C36H42O9. The zero-order chi connectivity index (χ0) is 32.2. The molecule has 2 N–H and O–H groups in total. The minimum atomic E-state index is -0.872. The minimum Gasteiger partial charge on any atom is -0.494 e. The molecule has 45 heavy (non-hydrogen) atoms. The Hall–Kier alpha value is -4.53. The van der Waals surface area contributed by atoms with E-state index in [1.54, 1.807) is 0 Å². The van der Waals surface area contributed by atoms with Crippen molar-refractivity contribution in [3.63, 3.8) is 0 Å². The quantitative estimate of drug-likeness (QED) is 0.105. The van der Waals surface area contributed by atoms with Gasteiger partial charge in [0.1, 0.15) is 11.5 Å². The number of ketones is 1. The first-order valence-electron chi connectivity index (χ1n) is 15.6. The summed E-state index contributed by atoms with van der Waals surface area (Å²) in [6.45, 7) is 4.75. The zero-order valence-corrected chi connectivity index (χ0v) is 26.0. The number of carbonyl (C=O) groups is 3. The molecule has 4 rings (SSSR count). The number of ether oxygens (including phenoxy) is 4. The summed E-state index contributed by atoms with van der Waals surface area (Å²) in [5.74, 6) is 0.838. The molecule has 0 unspecified atom stereocenters. The van der Waals surface area contributed by atoms with E-state index in [1.807, 2.05) is 68.4 Å². The van der Waals surface area contributed by atoms with Gasteiger partial charge in [0.05, 0.1) is 13.2 Å². The number of unbranched alkanes of at least 4 members (excludes halogenated alkanes) is 3. The number of benzene rings is 3. The highest BCUT2D eigenvalue weighted by atomic mass is 16.7. The van der Waals surface area contributed by atoms with Gasteiger partial charge in [-0.15, -0.1) is 0 Å². The first kappa shape index (κ1) is 33.4. The van der Waals surface area contributed by atoms with Crippen molar-refractivity contribution in [3.05, 3.63) is 71.3 Å². The number of fused-ring (bicyclic) bond motifs is 1. The maximum Gasteiger partial charge on any atom is 0.303 e. The van der Waals surface area contributed by atoms with Gasteiger partial charge in [-0.05, 0) is 90.8 Å². The number of hydrogen-bond donors (Lipinski definition) is 2. The summed E-state index contributed by atoms with van der Waals surface area (Å²) in [6, 6.07) is 17.1. The molecule has 9 nitrogen and oxygen atoms in total. The molecule has 3 aromatic carbocycles. The van der Waals surface area contributed by atoms with E-state index < -0.39 is 11.9 Å². The summed E-state index contributed by atoms with van der Waals surface area (Å²) in [6.07, 6.45) is 5.26. The van der Waals surface area contributed by atoms with Crippen LogP contribution in [0.25, 0.3) is 11.1 Å². The highest BCUT2D eigenvalue weighted by Gasteiger charge is 2.17. The van der Waals surface area contributed by atoms with E-state index in [4.69, 9.17) is 24.1 Å². The van der Waals surface area contributed by atoms with Crippen LogP contribution in [0.4, 0.5) is 0 Å². The lowest BCUT2D eigenvalue weighted by Gasteiger charge is -2.15. The van der Waals surface area contributed by atoms with Crippen molar-refractivity contribution in [3.8, 4) is 34.1 Å². The standard InChI is InChI=1S/C36H42O9/c1-24(2)36(41)28-19-27(26-13-15-32-33(22-26)45-23-44-32)20-29(21-28)42-17-6-4-3-5-9-25-10-7-11-31(30(25)14-16-35(39)40)43-18-8-12-34(37)38/h7,10-11,13,15,19-22,24H,3-6,8-9,12,14,16-18,23H2,1-2H3,(H,37,38)(H,39,40). The van der Waals surface area contributed by atoms with Crippen LogP contribution < -0.4 is 18.9 Å². The fourth-order valence-electron chi connectivity index (χ4n) is 5.26. The van der Waals surface area contributed by atoms with Crippen molar-refractivity contribution in [2.24, 2.45) is 5.92 Å². The third-order valence-electron chi connectivity index (χ3n) is 7.64. The Labute approximate surface area is 264 Å². The third kappa shape index (κ3) is 9.99. The van der Waals surface area contributed by atoms with Gasteiger partial charge in [-0.1, -0.05) is 44.9 Å². The van der Waals surface area contributed by atoms with Crippen LogP contribution >= 0.6 is 0 Å². The topological polar surface area (TPSA) is 129 Å². The van der Waals surface area contributed by atoms with Gasteiger partial charge in [-0.3, -0.25) is 14.4 Å². The van der Waals surface area contributed by atoms with E-state index >= 15 is 0 Å². The maximum atomic E-state index is 12.9. The lowest BCUT2D eigenvalue weighted by molar-refractivity contribution is -0.138. The fraction of sp³-hybridized carbons (Fsp3) is 0.417. The second-order valence-electron chi connectivity index (χ2n) is 11.5. The van der Waals surface area contributed by atoms with Crippen molar-refractivity contribution in [1.82, 2.24) is 0 Å². The first-order valence-corrected chi connectivity index (χ1v) is 15.6. The molecule has 0 fully saturated rings. The van der Waals surface area contributed by atoms with Gasteiger partial charge in [0.25, 0.3) is 0 Å². The Kier molecular flexibility index (Phi) is 12.2. The molecule has 0 atom stereocenters. The number of aryl methyl sites for hydroxylation is 1. The largest absolute Gasteiger partial charge is 0.494 e. The molecule has 0 aromatic heterocycles. The summed E-state index contributed by atoms with van der Waals surface area (Å²) in [5, 5.41) is 18.1. The molecule has 0 amide bonds. The lowest BCUT2D eigenvalue weighted by Crippen LogP contribution is -2.08. The van der Waals surface area contributed by atoms with Crippen LogP contribution in [-0.2, 0) is 22.4 Å². The molecule has 9 heteroatoms. The smallest absolute Gasteiger partial charge is 0.303 e. The van der Waals surface area contributed by atoms with Gasteiger partial charge in [0.2, 0.25) is 6.79 Å². The summed E-state index contributed by atoms with van der Waals surface area (Å²) >= 11 is 0. The second-order valence-corrected chi connectivity index (χ2v) is 11.5. The molecule has 1 aliphatic rings. The maximum absolute atomic E-state index is 12.9. The van der Waals surface area contributed by atoms with Crippen molar-refractivity contribution in [1.29, 1.82) is 0 Å². The SMILES string of the molecule is CC(C)C(=O)c1cc(OCCCCCCc2cccc(OCCCC(=O)O)c2CCC(=O)O)cc(-c2ccc3c(c2)OCO3)c1. The van der Waals surface area contributed by atoms with E-state index in [2.05, 4.69) is 0 Å². The van der Waals surface area contributed by atoms with Crippen molar-refractivity contribution >= 4 is 17.7 Å². The van der Waals surface area contributed by atoms with Crippen molar-refractivity contribution < 1.29 is 43.5 Å². The Bertz CT molecular complexity index is 1480. The Morgan fingerprint density at radius 2 is 1.51 bits per heavy atom. The number of rotatable bonds is 19. The van der Waals surface area contributed by atoms with Gasteiger partial charge in [0.15, 0.2) is 17.3 Å². The van der Waals surface area contributed by atoms with Gasteiger partial charge < -0.3 is 29.2 Å². The average molecular weight is 619 g/mol. The average Bonchev–Trinajstić information content (AvgIpc) is 3.49. The molecule has 1 heterocycles. The van der Waals surface area contributed by atoms with E-state index in [0.29, 0.717) is 48.0 Å². The van der Waals surface area contributed by atoms with Crippen LogP contribution in [0, 0.1) is 5.92 Å². The van der Waals surface area contributed by atoms with Crippen LogP contribution in [0.5, 0.6) is 23.0 Å². The van der Waals surface area contributed by atoms with Gasteiger partial charge in [-0.2, -0.15) is 0 Å². The molecule has 0 saturated heterocycles. The number of carboxylic acid groups (broad SMARTS) is 2. The summed E-state index contributed by atoms with van der Waals surface area (Å²) in [7, 11) is 0. The molecule has 0 spiro atoms. The molecule has 1 aliphatic heterocycles. The fourth-order valence-corrected chi connectivity index (χ4v) is 5.26. The minimum absolute atomic E-state index is 0.000182. The molecular weight excluding hydrogens is 576 g/mol. The highest BCUT2D eigenvalue weighted by Crippen LogP contribution is 2.37. The molecule has 0 bridgehead atoms. The molecule has 0 aliphatic carbocycles. The predicted molar refractivity (Wildman–Crippen MR) is 170 cm³/mol. The van der Waals surface area contributed by atoms with Gasteiger partial charge in [-0.25, -0.2) is 0 Å². The second kappa shape index (κ2) is 16.5. The number of hydrogen-bond acceptors (Lipinski definition) is 7. The third-order valence-corrected chi connectivity index (χ3v) is 7.64. The Morgan fingerprint density at radius 1 is 0.756 bits per heavy atom. The number of Topliss-reactive ketones (excluding diaryl/α,β-unsaturated/α-hetero) is 1. The molecule has 0 saturated carbocycles. The number of carboxylic acids is 2. The summed E-state index contributed by atoms with van der Waals surface area (Å²) in [4.78, 5) is 34.9. The van der Waals surface area contributed by atoms with Crippen LogP contribution in [0.15, 0.2) is 54.6 Å². The monoisotopic (exact) mass is 618 g/mol. The summed E-state index contributed by atoms with van der Waals surface area (Å²) < 4.78 is 23.0. The van der Waals surface area contributed by atoms with Crippen LogP contribution in [-0.4, -0.2) is 47.9 Å². The van der Waals surface area contributed by atoms with Crippen LogP contribution in [0.3, 0.4) is 0 Å². The molecule has 0 radical (unpaired) electrons. The van der Waals surface area contributed by atoms with E-state index in [1.165, 1.54) is 0 Å². The highest BCUT2D eigenvalue weighted by molar-refractivity contribution is 5.99. The van der Waals surface area contributed by atoms with E-state index in [9.17, 15) is 19.5 Å². The van der Waals surface area contributed by atoms with Crippen molar-refractivity contribution in [2.45, 2.75) is 71.6 Å².